The van der Waals surface area contributed by atoms with Crippen LogP contribution in [0.1, 0.15) is 11.3 Å². The van der Waals surface area contributed by atoms with Gasteiger partial charge in [0.1, 0.15) is 5.75 Å². The number of nitrogens with zero attached hydrogens (tertiary/aromatic N) is 2. The van der Waals surface area contributed by atoms with Crippen LogP contribution in [0.5, 0.6) is 11.5 Å². The Balaban J connectivity index is 2.41. The fourth-order valence-corrected chi connectivity index (χ4v) is 1.68. The smallest absolute Gasteiger partial charge is 0.192 e. The minimum absolute atomic E-state index is 0.115. The molecule has 6 heteroatoms. The molecule has 1 heterocycles. The standard InChI is InChI=1S/C13H12ClN3O2/c1-8-4-5-9(14)7-11(8)19-10-3-2-6-16-12(10)13(15)17-18/h2-7,18H,1H3,(H2,15,17). The second-order valence-corrected chi connectivity index (χ2v) is 4.28. The summed E-state index contributed by atoms with van der Waals surface area (Å²) in [6.45, 7) is 1.89. The topological polar surface area (TPSA) is 80.7 Å². The summed E-state index contributed by atoms with van der Waals surface area (Å²) in [5.74, 6) is 0.867. The van der Waals surface area contributed by atoms with Crippen molar-refractivity contribution < 1.29 is 9.94 Å². The summed E-state index contributed by atoms with van der Waals surface area (Å²) in [7, 11) is 0. The van der Waals surface area contributed by atoms with Crippen LogP contribution in [-0.4, -0.2) is 16.0 Å². The molecule has 0 fully saturated rings. The molecule has 2 rings (SSSR count). The van der Waals surface area contributed by atoms with Crippen LogP contribution in [0.25, 0.3) is 0 Å². The summed E-state index contributed by atoms with van der Waals surface area (Å²) in [4.78, 5) is 4.02. The van der Waals surface area contributed by atoms with Gasteiger partial charge in [-0.3, -0.25) is 0 Å². The lowest BCUT2D eigenvalue weighted by Crippen LogP contribution is -2.16. The number of hydrogen-bond acceptors (Lipinski definition) is 4. The largest absolute Gasteiger partial charge is 0.455 e. The van der Waals surface area contributed by atoms with Crippen molar-refractivity contribution in [1.29, 1.82) is 0 Å². The van der Waals surface area contributed by atoms with E-state index in [9.17, 15) is 0 Å². The first-order chi connectivity index (χ1) is 9.11. The molecule has 19 heavy (non-hydrogen) atoms. The van der Waals surface area contributed by atoms with Crippen LogP contribution in [0.4, 0.5) is 0 Å². The Hall–Kier alpha value is -2.27. The normalized spacial score (nSPS) is 11.4. The van der Waals surface area contributed by atoms with Gasteiger partial charge in [-0.25, -0.2) is 4.98 Å². The van der Waals surface area contributed by atoms with Crippen molar-refractivity contribution in [1.82, 2.24) is 4.98 Å². The summed E-state index contributed by atoms with van der Waals surface area (Å²) in [6.07, 6.45) is 1.53. The highest BCUT2D eigenvalue weighted by atomic mass is 35.5. The summed E-state index contributed by atoms with van der Waals surface area (Å²) < 4.78 is 5.73. The number of benzene rings is 1. The molecule has 2 aromatic rings. The van der Waals surface area contributed by atoms with E-state index in [2.05, 4.69) is 10.1 Å². The summed E-state index contributed by atoms with van der Waals surface area (Å²) >= 11 is 5.93. The van der Waals surface area contributed by atoms with Crippen molar-refractivity contribution >= 4 is 17.4 Å². The molecule has 0 saturated carbocycles. The molecule has 3 N–H and O–H groups in total. The van der Waals surface area contributed by atoms with Gasteiger partial charge >= 0.3 is 0 Å². The van der Waals surface area contributed by atoms with Crippen LogP contribution >= 0.6 is 11.6 Å². The number of halogens is 1. The maximum atomic E-state index is 8.72. The van der Waals surface area contributed by atoms with Crippen molar-refractivity contribution in [3.8, 4) is 11.5 Å². The van der Waals surface area contributed by atoms with Gasteiger partial charge in [0.25, 0.3) is 0 Å². The molecule has 0 aliphatic carbocycles. The number of hydrogen-bond donors (Lipinski definition) is 2. The maximum absolute atomic E-state index is 8.72. The van der Waals surface area contributed by atoms with Crippen LogP contribution in [0, 0.1) is 6.92 Å². The molecule has 0 aliphatic heterocycles. The minimum atomic E-state index is -0.115. The van der Waals surface area contributed by atoms with E-state index in [4.69, 9.17) is 27.3 Å². The zero-order valence-electron chi connectivity index (χ0n) is 10.2. The van der Waals surface area contributed by atoms with E-state index in [0.717, 1.165) is 5.56 Å². The number of aryl methyl sites for hydroxylation is 1. The predicted octanol–water partition coefficient (Wildman–Crippen LogP) is 2.93. The molecule has 0 radical (unpaired) electrons. The van der Waals surface area contributed by atoms with Crippen LogP contribution in [0.2, 0.25) is 5.02 Å². The Morgan fingerprint density at radius 3 is 2.89 bits per heavy atom. The van der Waals surface area contributed by atoms with Gasteiger partial charge in [0.05, 0.1) is 0 Å². The number of amidine groups is 1. The van der Waals surface area contributed by atoms with Gasteiger partial charge in [-0.15, -0.1) is 0 Å². The minimum Gasteiger partial charge on any atom is -0.455 e. The third-order valence-corrected chi connectivity index (χ3v) is 2.73. The molecule has 1 aromatic heterocycles. The van der Waals surface area contributed by atoms with Gasteiger partial charge in [0, 0.05) is 11.2 Å². The van der Waals surface area contributed by atoms with Crippen LogP contribution < -0.4 is 10.5 Å². The lowest BCUT2D eigenvalue weighted by molar-refractivity contribution is 0.318. The molecule has 0 amide bonds. The Labute approximate surface area is 115 Å². The fraction of sp³-hybridized carbons (Fsp3) is 0.0769. The van der Waals surface area contributed by atoms with E-state index in [1.165, 1.54) is 6.20 Å². The number of ether oxygens (including phenoxy) is 1. The Kier molecular flexibility index (Phi) is 3.87. The number of rotatable bonds is 3. The fourth-order valence-electron chi connectivity index (χ4n) is 1.51. The third kappa shape index (κ3) is 2.95. The van der Waals surface area contributed by atoms with E-state index in [0.29, 0.717) is 16.5 Å². The van der Waals surface area contributed by atoms with Gasteiger partial charge in [0.15, 0.2) is 17.3 Å². The maximum Gasteiger partial charge on any atom is 0.192 e. The number of oxime groups is 1. The van der Waals surface area contributed by atoms with Crippen molar-refractivity contribution in [2.45, 2.75) is 6.92 Å². The zero-order chi connectivity index (χ0) is 13.8. The first-order valence-electron chi connectivity index (χ1n) is 5.48. The van der Waals surface area contributed by atoms with Crippen molar-refractivity contribution in [2.75, 3.05) is 0 Å². The molecule has 0 atom stereocenters. The van der Waals surface area contributed by atoms with Crippen molar-refractivity contribution in [2.24, 2.45) is 10.9 Å². The van der Waals surface area contributed by atoms with E-state index in [-0.39, 0.29) is 11.5 Å². The summed E-state index contributed by atoms with van der Waals surface area (Å²) in [5.41, 5.74) is 6.73. The van der Waals surface area contributed by atoms with E-state index >= 15 is 0 Å². The molecule has 1 aromatic carbocycles. The molecule has 0 saturated heterocycles. The lowest BCUT2D eigenvalue weighted by atomic mass is 10.2. The number of nitrogens with two attached hydrogens (primary N) is 1. The lowest BCUT2D eigenvalue weighted by Gasteiger charge is -2.11. The molecule has 5 nitrogen and oxygen atoms in total. The van der Waals surface area contributed by atoms with E-state index in [1.807, 2.05) is 13.0 Å². The molecule has 0 aliphatic rings. The zero-order valence-corrected chi connectivity index (χ0v) is 10.9. The predicted molar refractivity (Wildman–Crippen MR) is 73.0 cm³/mol. The Bertz CT molecular complexity index is 629. The summed E-state index contributed by atoms with van der Waals surface area (Å²) in [6, 6.07) is 8.69. The quantitative estimate of drug-likeness (QED) is 0.391. The van der Waals surface area contributed by atoms with Crippen LogP contribution in [0.15, 0.2) is 41.7 Å². The monoisotopic (exact) mass is 277 g/mol. The van der Waals surface area contributed by atoms with Gasteiger partial charge < -0.3 is 15.7 Å². The second-order valence-electron chi connectivity index (χ2n) is 3.85. The van der Waals surface area contributed by atoms with Crippen LogP contribution in [0.3, 0.4) is 0 Å². The number of pyridine rings is 1. The molecular formula is C13H12ClN3O2. The highest BCUT2D eigenvalue weighted by Gasteiger charge is 2.11. The number of aromatic nitrogens is 1. The molecule has 0 unspecified atom stereocenters. The summed E-state index contributed by atoms with van der Waals surface area (Å²) in [5, 5.41) is 12.2. The SMILES string of the molecule is Cc1ccc(Cl)cc1Oc1cccnc1/C(N)=N/O. The Morgan fingerprint density at radius 1 is 1.37 bits per heavy atom. The average Bonchev–Trinajstić information content (AvgIpc) is 2.42. The van der Waals surface area contributed by atoms with Gasteiger partial charge in [-0.2, -0.15) is 0 Å². The van der Waals surface area contributed by atoms with Crippen molar-refractivity contribution in [3.05, 3.63) is 52.8 Å². The first kappa shape index (κ1) is 13.2. The second kappa shape index (κ2) is 5.58. The van der Waals surface area contributed by atoms with E-state index < -0.39 is 0 Å². The van der Waals surface area contributed by atoms with Crippen molar-refractivity contribution in [3.63, 3.8) is 0 Å². The van der Waals surface area contributed by atoms with Gasteiger partial charge in [0.2, 0.25) is 0 Å². The molecule has 0 bridgehead atoms. The van der Waals surface area contributed by atoms with E-state index in [1.54, 1.807) is 24.3 Å². The average molecular weight is 278 g/mol. The Morgan fingerprint density at radius 2 is 2.16 bits per heavy atom. The highest BCUT2D eigenvalue weighted by molar-refractivity contribution is 6.30. The van der Waals surface area contributed by atoms with Gasteiger partial charge in [-0.05, 0) is 36.8 Å². The molecular weight excluding hydrogens is 266 g/mol. The third-order valence-electron chi connectivity index (χ3n) is 2.49. The highest BCUT2D eigenvalue weighted by Crippen LogP contribution is 2.29. The van der Waals surface area contributed by atoms with Gasteiger partial charge in [-0.1, -0.05) is 22.8 Å². The molecule has 0 spiro atoms. The molecule has 98 valence electrons. The first-order valence-corrected chi connectivity index (χ1v) is 5.86. The van der Waals surface area contributed by atoms with Crippen LogP contribution in [-0.2, 0) is 0 Å².